The Bertz CT molecular complexity index is 937. The molecule has 2 amide bonds. The molecule has 1 aromatic carbocycles. The Morgan fingerprint density at radius 1 is 1.09 bits per heavy atom. The molecule has 0 aliphatic carbocycles. The Hall–Kier alpha value is -2.08. The van der Waals surface area contributed by atoms with Crippen molar-refractivity contribution >= 4 is 21.8 Å². The number of rotatable bonds is 8. The number of ether oxygens (including phenoxy) is 1. The van der Waals surface area contributed by atoms with Crippen LogP contribution in [0.3, 0.4) is 0 Å². The summed E-state index contributed by atoms with van der Waals surface area (Å²) in [6.45, 7) is 6.12. The number of hydrogen-bond donors (Lipinski definition) is 2. The summed E-state index contributed by atoms with van der Waals surface area (Å²) in [6.07, 6.45) is 2.69. The zero-order valence-electron chi connectivity index (χ0n) is 19.0. The van der Waals surface area contributed by atoms with Gasteiger partial charge in [-0.05, 0) is 49.9 Å². The number of carbonyl (C=O) groups is 2. The average molecular weight is 485 g/mol. The normalized spacial score (nSPS) is 20.4. The third-order valence-electron chi connectivity index (χ3n) is 6.08. The molecule has 2 saturated heterocycles. The number of morpholine rings is 1. The highest BCUT2D eigenvalue weighted by Crippen LogP contribution is 2.28. The van der Waals surface area contributed by atoms with Gasteiger partial charge in [0.1, 0.15) is 5.82 Å². The maximum absolute atomic E-state index is 13.4. The Labute approximate surface area is 194 Å². The molecule has 1 aromatic rings. The van der Waals surface area contributed by atoms with Gasteiger partial charge in [0.2, 0.25) is 10.0 Å². The van der Waals surface area contributed by atoms with Gasteiger partial charge in [-0.2, -0.15) is 4.31 Å². The fourth-order valence-corrected chi connectivity index (χ4v) is 6.20. The summed E-state index contributed by atoms with van der Waals surface area (Å²) in [6, 6.07) is 3.37. The molecule has 0 saturated carbocycles. The van der Waals surface area contributed by atoms with Crippen molar-refractivity contribution in [2.24, 2.45) is 0 Å². The Morgan fingerprint density at radius 2 is 1.79 bits per heavy atom. The Kier molecular flexibility index (Phi) is 9.19. The number of sulfonamides is 1. The van der Waals surface area contributed by atoms with Gasteiger partial charge >= 0.3 is 11.8 Å². The predicted octanol–water partition coefficient (Wildman–Crippen LogP) is 0.632. The van der Waals surface area contributed by atoms with Gasteiger partial charge in [0.15, 0.2) is 0 Å². The quantitative estimate of drug-likeness (QED) is 0.524. The van der Waals surface area contributed by atoms with Gasteiger partial charge in [0.05, 0.1) is 18.1 Å². The molecule has 1 unspecified atom stereocenters. The summed E-state index contributed by atoms with van der Waals surface area (Å²) in [5.41, 5.74) is 0.362. The first-order valence-corrected chi connectivity index (χ1v) is 12.9. The van der Waals surface area contributed by atoms with Gasteiger partial charge < -0.3 is 15.4 Å². The molecule has 2 N–H and O–H groups in total. The fraction of sp³-hybridized carbons (Fsp3) is 0.636. The fourth-order valence-electron chi connectivity index (χ4n) is 4.27. The second-order valence-corrected chi connectivity index (χ2v) is 10.3. The van der Waals surface area contributed by atoms with Crippen molar-refractivity contribution in [3.8, 4) is 0 Å². The van der Waals surface area contributed by atoms with Crippen molar-refractivity contribution in [2.75, 3.05) is 52.5 Å². The number of benzene rings is 1. The van der Waals surface area contributed by atoms with Crippen molar-refractivity contribution < 1.29 is 27.1 Å². The molecule has 3 rings (SSSR count). The van der Waals surface area contributed by atoms with E-state index in [4.69, 9.17) is 4.74 Å². The van der Waals surface area contributed by atoms with E-state index in [1.807, 2.05) is 0 Å². The first-order chi connectivity index (χ1) is 15.8. The highest BCUT2D eigenvalue weighted by atomic mass is 32.2. The maximum Gasteiger partial charge on any atom is 0.309 e. The van der Waals surface area contributed by atoms with E-state index in [9.17, 15) is 22.4 Å². The molecule has 0 aromatic heterocycles. The minimum atomic E-state index is -3.79. The average Bonchev–Trinajstić information content (AvgIpc) is 2.79. The third kappa shape index (κ3) is 6.95. The molecule has 2 aliphatic rings. The molecule has 0 spiro atoms. The monoisotopic (exact) mass is 484 g/mol. The van der Waals surface area contributed by atoms with Gasteiger partial charge in [-0.3, -0.25) is 14.5 Å². The minimum Gasteiger partial charge on any atom is -0.379 e. The number of carbonyl (C=O) groups excluding carboxylic acids is 2. The Balaban J connectivity index is 1.48. The van der Waals surface area contributed by atoms with Gasteiger partial charge in [-0.1, -0.05) is 6.42 Å². The molecule has 33 heavy (non-hydrogen) atoms. The summed E-state index contributed by atoms with van der Waals surface area (Å²) in [7, 11) is -3.79. The second kappa shape index (κ2) is 11.9. The van der Waals surface area contributed by atoms with E-state index < -0.39 is 27.7 Å². The molecule has 2 aliphatic heterocycles. The minimum absolute atomic E-state index is 0.0967. The molecule has 9 nitrogen and oxygen atoms in total. The van der Waals surface area contributed by atoms with Crippen LogP contribution in [0.1, 0.15) is 31.2 Å². The van der Waals surface area contributed by atoms with Crippen molar-refractivity contribution in [1.29, 1.82) is 0 Å². The van der Waals surface area contributed by atoms with Crippen LogP contribution in [0, 0.1) is 12.7 Å². The van der Waals surface area contributed by atoms with E-state index >= 15 is 0 Å². The van der Waals surface area contributed by atoms with Crippen LogP contribution in [0.25, 0.3) is 0 Å². The highest BCUT2D eigenvalue weighted by Gasteiger charge is 2.34. The zero-order valence-corrected chi connectivity index (χ0v) is 19.8. The number of piperidine rings is 1. The lowest BCUT2D eigenvalue weighted by Crippen LogP contribution is -2.47. The standard InChI is InChI=1S/C22H33FN4O5S/c1-17-16-18(23)5-6-20(17)33(30,31)27-10-3-2-4-19(27)7-8-24-21(28)22(29)25-9-11-26-12-14-32-15-13-26/h5-6,16,19H,2-4,7-15H2,1H3,(H,24,28)(H,25,29). The molecule has 0 radical (unpaired) electrons. The van der Waals surface area contributed by atoms with Gasteiger partial charge in [-0.15, -0.1) is 0 Å². The van der Waals surface area contributed by atoms with Crippen molar-refractivity contribution in [3.63, 3.8) is 0 Å². The number of nitrogens with zero attached hydrogens (tertiary/aromatic N) is 2. The van der Waals surface area contributed by atoms with Crippen LogP contribution in [0.4, 0.5) is 4.39 Å². The van der Waals surface area contributed by atoms with E-state index in [-0.39, 0.29) is 17.5 Å². The van der Waals surface area contributed by atoms with Crippen molar-refractivity contribution in [2.45, 2.75) is 43.5 Å². The van der Waals surface area contributed by atoms with E-state index in [0.717, 1.165) is 32.0 Å². The number of nitrogens with one attached hydrogen (secondary N) is 2. The van der Waals surface area contributed by atoms with Gasteiger partial charge in [-0.25, -0.2) is 12.8 Å². The Morgan fingerprint density at radius 3 is 2.48 bits per heavy atom. The number of hydrogen-bond acceptors (Lipinski definition) is 6. The van der Waals surface area contributed by atoms with Crippen LogP contribution in [-0.2, 0) is 24.3 Å². The van der Waals surface area contributed by atoms with Crippen LogP contribution in [0.2, 0.25) is 0 Å². The molecule has 0 bridgehead atoms. The summed E-state index contributed by atoms with van der Waals surface area (Å²) >= 11 is 0. The van der Waals surface area contributed by atoms with E-state index in [2.05, 4.69) is 15.5 Å². The SMILES string of the molecule is Cc1cc(F)ccc1S(=O)(=O)N1CCCCC1CCNC(=O)C(=O)NCCN1CCOCC1. The first kappa shape index (κ1) is 25.5. The lowest BCUT2D eigenvalue weighted by Gasteiger charge is -2.35. The topological polar surface area (TPSA) is 108 Å². The molecule has 1 atom stereocenters. The van der Waals surface area contributed by atoms with Gasteiger partial charge in [0.25, 0.3) is 0 Å². The van der Waals surface area contributed by atoms with Gasteiger partial charge in [0, 0.05) is 45.3 Å². The van der Waals surface area contributed by atoms with Crippen LogP contribution in [-0.4, -0.2) is 88.0 Å². The second-order valence-electron chi connectivity index (χ2n) is 8.43. The number of halogens is 1. The molecule has 2 fully saturated rings. The molecule has 11 heteroatoms. The first-order valence-electron chi connectivity index (χ1n) is 11.4. The molecular weight excluding hydrogens is 451 g/mol. The van der Waals surface area contributed by atoms with Crippen LogP contribution >= 0.6 is 0 Å². The number of amides is 2. The lowest BCUT2D eigenvalue weighted by molar-refractivity contribution is -0.139. The number of aryl methyl sites for hydroxylation is 1. The largest absolute Gasteiger partial charge is 0.379 e. The van der Waals surface area contributed by atoms with E-state index in [1.54, 1.807) is 6.92 Å². The lowest BCUT2D eigenvalue weighted by atomic mass is 10.0. The van der Waals surface area contributed by atoms with Crippen LogP contribution in [0.5, 0.6) is 0 Å². The molecule has 2 heterocycles. The highest BCUT2D eigenvalue weighted by molar-refractivity contribution is 7.89. The van der Waals surface area contributed by atoms with E-state index in [1.165, 1.54) is 16.4 Å². The van der Waals surface area contributed by atoms with Crippen LogP contribution < -0.4 is 10.6 Å². The predicted molar refractivity (Wildman–Crippen MR) is 121 cm³/mol. The summed E-state index contributed by atoms with van der Waals surface area (Å²) in [5.74, 6) is -1.90. The van der Waals surface area contributed by atoms with E-state index in [0.29, 0.717) is 51.3 Å². The molecular formula is C22H33FN4O5S. The van der Waals surface area contributed by atoms with Crippen molar-refractivity contribution in [3.05, 3.63) is 29.6 Å². The maximum atomic E-state index is 13.4. The zero-order chi connectivity index (χ0) is 23.8. The van der Waals surface area contributed by atoms with Crippen molar-refractivity contribution in [1.82, 2.24) is 19.8 Å². The smallest absolute Gasteiger partial charge is 0.309 e. The summed E-state index contributed by atoms with van der Waals surface area (Å²) in [4.78, 5) is 26.4. The third-order valence-corrected chi connectivity index (χ3v) is 8.20. The van der Waals surface area contributed by atoms with Crippen LogP contribution in [0.15, 0.2) is 23.1 Å². The summed E-state index contributed by atoms with van der Waals surface area (Å²) < 4.78 is 46.6. The summed E-state index contributed by atoms with van der Waals surface area (Å²) in [5, 5.41) is 5.21. The molecule has 184 valence electrons.